The smallest absolute Gasteiger partial charge is 0.253 e. The largest absolute Gasteiger partial charge is 0.505 e. The lowest BCUT2D eigenvalue weighted by Gasteiger charge is -2.48. The van der Waals surface area contributed by atoms with Crippen molar-refractivity contribution in [3.63, 3.8) is 0 Å². The molecule has 6 heteroatoms. The molecule has 1 spiro atoms. The molecule has 2 fully saturated rings. The van der Waals surface area contributed by atoms with Crippen molar-refractivity contribution >= 4 is 5.91 Å². The summed E-state index contributed by atoms with van der Waals surface area (Å²) < 4.78 is 19.7. The molecular weight excluding hydrogens is 361 g/mol. The van der Waals surface area contributed by atoms with Crippen molar-refractivity contribution < 1.29 is 24.1 Å². The van der Waals surface area contributed by atoms with Gasteiger partial charge >= 0.3 is 0 Å². The maximum absolute atomic E-state index is 13.2. The molecule has 2 aromatic carbocycles. The third-order valence-corrected chi connectivity index (χ3v) is 5.81. The van der Waals surface area contributed by atoms with Crippen molar-refractivity contribution in [1.82, 2.24) is 4.90 Å². The Kier molecular flexibility index (Phi) is 5.08. The van der Waals surface area contributed by atoms with Crippen LogP contribution in [0.3, 0.4) is 0 Å². The molecule has 0 unspecified atom stereocenters. The summed E-state index contributed by atoms with van der Waals surface area (Å²) in [5.74, 6) is -1.50. The topological polar surface area (TPSA) is 70.0 Å². The summed E-state index contributed by atoms with van der Waals surface area (Å²) in [6.07, 6.45) is 1.81. The van der Waals surface area contributed by atoms with E-state index in [1.54, 1.807) is 4.90 Å². The van der Waals surface area contributed by atoms with E-state index in [-0.39, 0.29) is 17.6 Å². The molecule has 0 saturated carbocycles. The van der Waals surface area contributed by atoms with Crippen LogP contribution < -0.4 is 0 Å². The molecule has 2 aromatic rings. The Balaban J connectivity index is 1.45. The molecule has 1 amide bonds. The minimum Gasteiger partial charge on any atom is -0.505 e. The maximum atomic E-state index is 13.2. The number of aliphatic hydroxyl groups excluding tert-OH is 1. The predicted molar refractivity (Wildman–Crippen MR) is 101 cm³/mol. The van der Waals surface area contributed by atoms with Gasteiger partial charge in [0.15, 0.2) is 11.6 Å². The summed E-state index contributed by atoms with van der Waals surface area (Å²) >= 11 is 0. The number of phenolic OH excluding ortho intramolecular Hbond substituents is 1. The van der Waals surface area contributed by atoms with E-state index in [2.05, 4.69) is 0 Å². The number of aliphatic hydroxyl groups is 1. The predicted octanol–water partition coefficient (Wildman–Crippen LogP) is 3.42. The van der Waals surface area contributed by atoms with Gasteiger partial charge in [-0.25, -0.2) is 4.39 Å². The molecule has 0 radical (unpaired) electrons. The third kappa shape index (κ3) is 3.75. The first-order valence-electron chi connectivity index (χ1n) is 9.64. The standard InChI is InChI=1S/C22H24FNO4/c23-18-7-6-16(12-19(18)26)21(27)24-10-8-22(9-11-24)14-17(25)13-20(28-22)15-4-2-1-3-5-15/h1-7,12,17,20,25-26H,8-11,13-14H2/t17-,20-/m1/s1. The van der Waals surface area contributed by atoms with Crippen LogP contribution in [-0.2, 0) is 4.74 Å². The molecule has 0 aliphatic carbocycles. The van der Waals surface area contributed by atoms with E-state index >= 15 is 0 Å². The van der Waals surface area contributed by atoms with Gasteiger partial charge in [-0.1, -0.05) is 30.3 Å². The summed E-state index contributed by atoms with van der Waals surface area (Å²) in [5.41, 5.74) is 0.877. The number of piperidine rings is 1. The molecule has 5 nitrogen and oxygen atoms in total. The molecule has 2 heterocycles. The number of amides is 1. The fraction of sp³-hybridized carbons (Fsp3) is 0.409. The maximum Gasteiger partial charge on any atom is 0.253 e. The molecule has 0 aromatic heterocycles. The number of carbonyl (C=O) groups excluding carboxylic acids is 1. The zero-order valence-corrected chi connectivity index (χ0v) is 15.6. The first-order chi connectivity index (χ1) is 13.5. The van der Waals surface area contributed by atoms with E-state index in [4.69, 9.17) is 4.74 Å². The van der Waals surface area contributed by atoms with E-state index in [0.29, 0.717) is 38.8 Å². The molecule has 28 heavy (non-hydrogen) atoms. The fourth-order valence-electron chi connectivity index (χ4n) is 4.30. The first-order valence-corrected chi connectivity index (χ1v) is 9.64. The number of hydrogen-bond acceptors (Lipinski definition) is 4. The van der Waals surface area contributed by atoms with Crippen LogP contribution in [0.2, 0.25) is 0 Å². The number of nitrogens with zero attached hydrogens (tertiary/aromatic N) is 1. The molecule has 2 aliphatic rings. The van der Waals surface area contributed by atoms with Crippen molar-refractivity contribution in [2.24, 2.45) is 0 Å². The second kappa shape index (κ2) is 7.53. The molecule has 2 saturated heterocycles. The lowest BCUT2D eigenvalue weighted by molar-refractivity contribution is -0.181. The Bertz CT molecular complexity index is 849. The van der Waals surface area contributed by atoms with E-state index in [9.17, 15) is 19.4 Å². The van der Waals surface area contributed by atoms with Crippen molar-refractivity contribution in [3.05, 3.63) is 65.5 Å². The molecule has 2 atom stereocenters. The van der Waals surface area contributed by atoms with E-state index in [0.717, 1.165) is 17.7 Å². The summed E-state index contributed by atoms with van der Waals surface area (Å²) in [4.78, 5) is 14.4. The summed E-state index contributed by atoms with van der Waals surface area (Å²) in [5, 5.41) is 20.0. The third-order valence-electron chi connectivity index (χ3n) is 5.81. The molecule has 148 valence electrons. The zero-order valence-electron chi connectivity index (χ0n) is 15.6. The number of phenols is 1. The average molecular weight is 385 g/mol. The van der Waals surface area contributed by atoms with Crippen LogP contribution in [0.5, 0.6) is 5.75 Å². The van der Waals surface area contributed by atoms with E-state index < -0.39 is 23.3 Å². The van der Waals surface area contributed by atoms with Crippen LogP contribution in [0.1, 0.15) is 47.7 Å². The van der Waals surface area contributed by atoms with Gasteiger partial charge in [0.05, 0.1) is 17.8 Å². The van der Waals surface area contributed by atoms with Gasteiger partial charge in [-0.05, 0) is 36.6 Å². The number of ether oxygens (including phenoxy) is 1. The van der Waals surface area contributed by atoms with E-state index in [1.807, 2.05) is 30.3 Å². The average Bonchev–Trinajstić information content (AvgIpc) is 2.70. The summed E-state index contributed by atoms with van der Waals surface area (Å²) in [6, 6.07) is 13.5. The number of likely N-dealkylation sites (tertiary alicyclic amines) is 1. The van der Waals surface area contributed by atoms with Crippen molar-refractivity contribution in [2.45, 2.75) is 43.5 Å². The first kappa shape index (κ1) is 18.9. The molecule has 2 N–H and O–H groups in total. The number of hydrogen-bond donors (Lipinski definition) is 2. The monoisotopic (exact) mass is 385 g/mol. The van der Waals surface area contributed by atoms with Crippen LogP contribution >= 0.6 is 0 Å². The second-order valence-electron chi connectivity index (χ2n) is 7.75. The lowest BCUT2D eigenvalue weighted by Crippen LogP contribution is -2.52. The van der Waals surface area contributed by atoms with Gasteiger partial charge in [-0.3, -0.25) is 4.79 Å². The van der Waals surface area contributed by atoms with Gasteiger partial charge in [0.2, 0.25) is 0 Å². The second-order valence-corrected chi connectivity index (χ2v) is 7.75. The number of halogens is 1. The van der Waals surface area contributed by atoms with Crippen molar-refractivity contribution in [1.29, 1.82) is 0 Å². The van der Waals surface area contributed by atoms with Crippen LogP contribution in [0.15, 0.2) is 48.5 Å². The van der Waals surface area contributed by atoms with Gasteiger partial charge < -0.3 is 19.8 Å². The minimum absolute atomic E-state index is 0.152. The van der Waals surface area contributed by atoms with Gasteiger partial charge in [0.25, 0.3) is 5.91 Å². The highest BCUT2D eigenvalue weighted by atomic mass is 19.1. The van der Waals surface area contributed by atoms with Gasteiger partial charge in [-0.2, -0.15) is 0 Å². The summed E-state index contributed by atoms with van der Waals surface area (Å²) in [6.45, 7) is 0.983. The molecule has 4 rings (SSSR count). The quantitative estimate of drug-likeness (QED) is 0.831. The number of benzene rings is 2. The highest BCUT2D eigenvalue weighted by Crippen LogP contribution is 2.43. The Labute approximate surface area is 163 Å². The Morgan fingerprint density at radius 2 is 1.86 bits per heavy atom. The van der Waals surface area contributed by atoms with Crippen LogP contribution in [0.4, 0.5) is 4.39 Å². The highest BCUT2D eigenvalue weighted by Gasteiger charge is 2.44. The SMILES string of the molecule is O=C(c1ccc(F)c(O)c1)N1CCC2(CC1)C[C@H](O)C[C@H](c1ccccc1)O2. The number of aromatic hydroxyl groups is 1. The Hall–Kier alpha value is -2.44. The molecular formula is C22H24FNO4. The van der Waals surface area contributed by atoms with Crippen molar-refractivity contribution in [2.75, 3.05) is 13.1 Å². The molecule has 0 bridgehead atoms. The van der Waals surface area contributed by atoms with Crippen LogP contribution in [-0.4, -0.2) is 45.8 Å². The van der Waals surface area contributed by atoms with E-state index in [1.165, 1.54) is 6.07 Å². The van der Waals surface area contributed by atoms with Gasteiger partial charge in [0.1, 0.15) is 0 Å². The zero-order chi connectivity index (χ0) is 19.7. The fourth-order valence-corrected chi connectivity index (χ4v) is 4.30. The van der Waals surface area contributed by atoms with Gasteiger partial charge in [-0.15, -0.1) is 0 Å². The minimum atomic E-state index is -0.745. The summed E-state index contributed by atoms with van der Waals surface area (Å²) in [7, 11) is 0. The Morgan fingerprint density at radius 3 is 2.54 bits per heavy atom. The number of rotatable bonds is 2. The van der Waals surface area contributed by atoms with Crippen LogP contribution in [0.25, 0.3) is 0 Å². The highest BCUT2D eigenvalue weighted by molar-refractivity contribution is 5.94. The van der Waals surface area contributed by atoms with Gasteiger partial charge in [0, 0.05) is 31.5 Å². The lowest BCUT2D eigenvalue weighted by atomic mass is 9.81. The van der Waals surface area contributed by atoms with Crippen LogP contribution in [0, 0.1) is 5.82 Å². The number of carbonyl (C=O) groups is 1. The van der Waals surface area contributed by atoms with Crippen molar-refractivity contribution in [3.8, 4) is 5.75 Å². The molecule has 2 aliphatic heterocycles. The normalized spacial score (nSPS) is 24.3. The Morgan fingerprint density at radius 1 is 1.14 bits per heavy atom.